The van der Waals surface area contributed by atoms with Crippen LogP contribution in [0, 0.1) is 5.92 Å². The first-order valence-corrected chi connectivity index (χ1v) is 10.1. The van der Waals surface area contributed by atoms with Crippen LogP contribution in [-0.4, -0.2) is 22.9 Å². The normalized spacial score (nSPS) is 30.6. The summed E-state index contributed by atoms with van der Waals surface area (Å²) < 4.78 is 6.56. The Balaban J connectivity index is 1.83. The molecule has 1 N–H and O–H groups in total. The molecular weight excluding hydrogens is 308 g/mol. The van der Waals surface area contributed by atoms with Crippen LogP contribution in [0.5, 0.6) is 0 Å². The van der Waals surface area contributed by atoms with Gasteiger partial charge in [-0.25, -0.2) is 0 Å². The predicted molar refractivity (Wildman–Crippen MR) is 107 cm³/mol. The molecule has 4 unspecified atom stereocenters. The summed E-state index contributed by atoms with van der Waals surface area (Å²) >= 11 is 0. The van der Waals surface area contributed by atoms with E-state index >= 15 is 0 Å². The van der Waals surface area contributed by atoms with Gasteiger partial charge >= 0.3 is 0 Å². The van der Waals surface area contributed by atoms with E-state index in [4.69, 9.17) is 4.74 Å². The molecule has 1 heterocycles. The van der Waals surface area contributed by atoms with Crippen molar-refractivity contribution < 1.29 is 9.84 Å². The fraction of sp³-hybridized carbons (Fsp3) is 0.739. The van der Waals surface area contributed by atoms with Crippen molar-refractivity contribution in [3.8, 4) is 0 Å². The molecule has 2 rings (SSSR count). The van der Waals surface area contributed by atoms with Gasteiger partial charge in [0, 0.05) is 0 Å². The molecule has 2 heteroatoms. The zero-order valence-electron chi connectivity index (χ0n) is 17.2. The van der Waals surface area contributed by atoms with Crippen LogP contribution < -0.4 is 0 Å². The zero-order valence-corrected chi connectivity index (χ0v) is 17.2. The molecule has 25 heavy (non-hydrogen) atoms. The SMILES string of the molecule is CC(C)=CCCC(C)CCCC1(C)CCC2=CC(O)C(C)=C(C)C2O1. The maximum absolute atomic E-state index is 10.1. The number of aliphatic hydroxyl groups excluding tert-OH is 1. The van der Waals surface area contributed by atoms with Crippen molar-refractivity contribution in [3.63, 3.8) is 0 Å². The minimum Gasteiger partial charge on any atom is -0.385 e. The van der Waals surface area contributed by atoms with E-state index in [1.54, 1.807) is 0 Å². The molecule has 0 spiro atoms. The summed E-state index contributed by atoms with van der Waals surface area (Å²) in [5.74, 6) is 0.784. The van der Waals surface area contributed by atoms with Crippen molar-refractivity contribution in [1.29, 1.82) is 0 Å². The van der Waals surface area contributed by atoms with Gasteiger partial charge < -0.3 is 9.84 Å². The maximum atomic E-state index is 10.1. The van der Waals surface area contributed by atoms with E-state index in [0.717, 1.165) is 30.8 Å². The van der Waals surface area contributed by atoms with E-state index in [0.29, 0.717) is 0 Å². The molecule has 0 aromatic heterocycles. The highest BCUT2D eigenvalue weighted by molar-refractivity contribution is 5.37. The second kappa shape index (κ2) is 8.68. The fourth-order valence-corrected chi connectivity index (χ4v) is 4.07. The van der Waals surface area contributed by atoms with Crippen LogP contribution in [0.25, 0.3) is 0 Å². The van der Waals surface area contributed by atoms with Gasteiger partial charge in [-0.15, -0.1) is 0 Å². The van der Waals surface area contributed by atoms with Gasteiger partial charge in [-0.05, 0) is 95.4 Å². The molecule has 2 aliphatic rings. The second-order valence-electron chi connectivity index (χ2n) is 8.86. The lowest BCUT2D eigenvalue weighted by atomic mass is 9.79. The van der Waals surface area contributed by atoms with Crippen LogP contribution in [0.3, 0.4) is 0 Å². The van der Waals surface area contributed by atoms with Crippen molar-refractivity contribution in [3.05, 3.63) is 34.4 Å². The Morgan fingerprint density at radius 3 is 2.72 bits per heavy atom. The molecule has 0 amide bonds. The summed E-state index contributed by atoms with van der Waals surface area (Å²) in [6, 6.07) is 0. The first-order valence-electron chi connectivity index (χ1n) is 10.1. The Kier molecular flexibility index (Phi) is 7.10. The van der Waals surface area contributed by atoms with Gasteiger partial charge in [0.15, 0.2) is 0 Å². The first-order chi connectivity index (χ1) is 11.7. The van der Waals surface area contributed by atoms with Gasteiger partial charge in [0.05, 0.1) is 11.7 Å². The van der Waals surface area contributed by atoms with Crippen LogP contribution in [0.2, 0.25) is 0 Å². The summed E-state index contributed by atoms with van der Waals surface area (Å²) in [5.41, 5.74) is 4.96. The summed E-state index contributed by atoms with van der Waals surface area (Å²) in [4.78, 5) is 0. The highest BCUT2D eigenvalue weighted by atomic mass is 16.5. The number of hydrogen-bond donors (Lipinski definition) is 1. The first kappa shape index (κ1) is 20.5. The third kappa shape index (κ3) is 5.56. The highest BCUT2D eigenvalue weighted by Gasteiger charge is 2.38. The van der Waals surface area contributed by atoms with Gasteiger partial charge in [0.25, 0.3) is 0 Å². The van der Waals surface area contributed by atoms with E-state index in [1.165, 1.54) is 42.4 Å². The van der Waals surface area contributed by atoms with Crippen molar-refractivity contribution >= 4 is 0 Å². The topological polar surface area (TPSA) is 29.5 Å². The van der Waals surface area contributed by atoms with Gasteiger partial charge in [-0.3, -0.25) is 0 Å². The molecule has 2 nitrogen and oxygen atoms in total. The van der Waals surface area contributed by atoms with Crippen LogP contribution in [0.15, 0.2) is 34.4 Å². The summed E-state index contributed by atoms with van der Waals surface area (Å²) in [7, 11) is 0. The number of rotatable bonds is 7. The van der Waals surface area contributed by atoms with Crippen LogP contribution in [-0.2, 0) is 4.74 Å². The smallest absolute Gasteiger partial charge is 0.100 e. The molecule has 142 valence electrons. The van der Waals surface area contributed by atoms with Crippen molar-refractivity contribution in [2.45, 2.75) is 104 Å². The third-order valence-electron chi connectivity index (χ3n) is 6.13. The largest absolute Gasteiger partial charge is 0.385 e. The molecule has 1 saturated heterocycles. The Morgan fingerprint density at radius 2 is 2.04 bits per heavy atom. The molecule has 1 fully saturated rings. The number of fused-ring (bicyclic) bond motifs is 1. The Hall–Kier alpha value is -0.860. The fourth-order valence-electron chi connectivity index (χ4n) is 4.07. The van der Waals surface area contributed by atoms with Crippen molar-refractivity contribution in [2.24, 2.45) is 5.92 Å². The van der Waals surface area contributed by atoms with E-state index in [9.17, 15) is 5.11 Å². The van der Waals surface area contributed by atoms with E-state index in [-0.39, 0.29) is 11.7 Å². The minimum absolute atomic E-state index is 0.0224. The van der Waals surface area contributed by atoms with E-state index < -0.39 is 6.10 Å². The van der Waals surface area contributed by atoms with Crippen molar-refractivity contribution in [2.75, 3.05) is 0 Å². The molecular formula is C23H38O2. The molecule has 0 bridgehead atoms. The van der Waals surface area contributed by atoms with Gasteiger partial charge in [0.1, 0.15) is 6.10 Å². The molecule has 1 aliphatic carbocycles. The lowest BCUT2D eigenvalue weighted by Gasteiger charge is -2.43. The van der Waals surface area contributed by atoms with Gasteiger partial charge in [-0.1, -0.05) is 31.4 Å². The summed E-state index contributed by atoms with van der Waals surface area (Å²) in [6.07, 6.45) is 12.3. The Bertz CT molecular complexity index is 550. The molecule has 4 atom stereocenters. The lowest BCUT2D eigenvalue weighted by molar-refractivity contribution is -0.0871. The quantitative estimate of drug-likeness (QED) is 0.563. The second-order valence-corrected chi connectivity index (χ2v) is 8.86. The summed E-state index contributed by atoms with van der Waals surface area (Å²) in [5, 5.41) is 10.1. The Labute approximate surface area is 155 Å². The summed E-state index contributed by atoms with van der Waals surface area (Å²) in [6.45, 7) is 13.2. The van der Waals surface area contributed by atoms with Crippen molar-refractivity contribution in [1.82, 2.24) is 0 Å². The van der Waals surface area contributed by atoms with Gasteiger partial charge in [-0.2, -0.15) is 0 Å². The predicted octanol–water partition coefficient (Wildman–Crippen LogP) is 6.11. The molecule has 0 aromatic carbocycles. The van der Waals surface area contributed by atoms with Crippen LogP contribution >= 0.6 is 0 Å². The van der Waals surface area contributed by atoms with E-state index in [1.807, 2.05) is 13.0 Å². The number of hydrogen-bond acceptors (Lipinski definition) is 2. The molecule has 0 saturated carbocycles. The number of ether oxygens (including phenoxy) is 1. The lowest BCUT2D eigenvalue weighted by Crippen LogP contribution is -2.42. The van der Waals surface area contributed by atoms with E-state index in [2.05, 4.69) is 40.7 Å². The third-order valence-corrected chi connectivity index (χ3v) is 6.13. The monoisotopic (exact) mass is 346 g/mol. The van der Waals surface area contributed by atoms with Gasteiger partial charge in [0.2, 0.25) is 0 Å². The average Bonchev–Trinajstić information content (AvgIpc) is 2.53. The Morgan fingerprint density at radius 1 is 1.32 bits per heavy atom. The number of aliphatic hydroxyl groups is 1. The standard InChI is InChI=1S/C23H38O2/c1-16(2)9-7-10-17(3)11-8-13-23(6)14-12-20-15-21(24)18(4)19(5)22(20)25-23/h9,15,17,21-22,24H,7-8,10-14H2,1-6H3. The average molecular weight is 347 g/mol. The highest BCUT2D eigenvalue weighted by Crippen LogP contribution is 2.41. The zero-order chi connectivity index (χ0) is 18.6. The molecule has 1 aliphatic heterocycles. The van der Waals surface area contributed by atoms with Crippen LogP contribution in [0.4, 0.5) is 0 Å². The minimum atomic E-state index is -0.416. The van der Waals surface area contributed by atoms with Crippen LogP contribution in [0.1, 0.15) is 86.5 Å². The molecule has 0 radical (unpaired) electrons. The maximum Gasteiger partial charge on any atom is 0.100 e. The molecule has 0 aromatic rings. The number of allylic oxidation sites excluding steroid dienone is 2.